The zero-order chi connectivity index (χ0) is 21.5. The summed E-state index contributed by atoms with van der Waals surface area (Å²) in [5.74, 6) is 3.17. The van der Waals surface area contributed by atoms with Gasteiger partial charge in [0.15, 0.2) is 0 Å². The summed E-state index contributed by atoms with van der Waals surface area (Å²) in [6.45, 7) is 0. The summed E-state index contributed by atoms with van der Waals surface area (Å²) < 4.78 is 10.3. The fourth-order valence-electron chi connectivity index (χ4n) is 2.55. The molecule has 0 saturated heterocycles. The van der Waals surface area contributed by atoms with Crippen LogP contribution in [0.3, 0.4) is 0 Å². The molecule has 2 aromatic carbocycles. The van der Waals surface area contributed by atoms with Crippen LogP contribution in [0.5, 0.6) is 11.5 Å². The number of thioether (sulfide) groups is 1. The highest BCUT2D eigenvalue weighted by atomic mass is 32.2. The summed E-state index contributed by atoms with van der Waals surface area (Å²) in [4.78, 5) is 0. The topological polar surface area (TPSA) is 94.1 Å². The van der Waals surface area contributed by atoms with Gasteiger partial charge in [-0.2, -0.15) is 0 Å². The van der Waals surface area contributed by atoms with Crippen molar-refractivity contribution in [2.24, 2.45) is 0 Å². The minimum Gasteiger partial charge on any atom is -0.497 e. The maximum Gasteiger partial charge on any atom is 0.210 e. The number of hydrogen-bond acceptors (Lipinski definition) is 11. The number of aromatic nitrogens is 4. The van der Waals surface area contributed by atoms with Crippen LogP contribution in [0.4, 0.5) is 21.6 Å². The Kier molecular flexibility index (Phi) is 7.18. The molecule has 2 heterocycles. The van der Waals surface area contributed by atoms with Crippen molar-refractivity contribution < 1.29 is 9.47 Å². The Morgan fingerprint density at radius 1 is 0.677 bits per heavy atom. The van der Waals surface area contributed by atoms with Gasteiger partial charge in [0, 0.05) is 22.9 Å². The van der Waals surface area contributed by atoms with Crippen LogP contribution in [-0.4, -0.2) is 34.6 Å². The highest BCUT2D eigenvalue weighted by molar-refractivity contribution is 7.97. The van der Waals surface area contributed by atoms with Crippen molar-refractivity contribution in [3.8, 4) is 11.5 Å². The molecule has 0 fully saturated rings. The van der Waals surface area contributed by atoms with Gasteiger partial charge < -0.3 is 20.1 Å². The first kappa shape index (κ1) is 21.3. The van der Waals surface area contributed by atoms with E-state index < -0.39 is 0 Å². The van der Waals surface area contributed by atoms with E-state index in [1.165, 1.54) is 0 Å². The smallest absolute Gasteiger partial charge is 0.210 e. The van der Waals surface area contributed by atoms with Crippen molar-refractivity contribution in [3.05, 3.63) is 58.5 Å². The van der Waals surface area contributed by atoms with E-state index in [1.54, 1.807) is 48.7 Å². The largest absolute Gasteiger partial charge is 0.497 e. The predicted octanol–water partition coefficient (Wildman–Crippen LogP) is 5.33. The van der Waals surface area contributed by atoms with E-state index in [1.807, 2.05) is 48.5 Å². The van der Waals surface area contributed by atoms with Gasteiger partial charge in [0.25, 0.3) is 0 Å². The van der Waals surface area contributed by atoms with E-state index in [0.717, 1.165) is 54.7 Å². The minimum atomic E-state index is 0.766. The second kappa shape index (κ2) is 10.4. The molecule has 0 spiro atoms. The standard InChI is InChI=1S/C20H20N6O2S3/c1-27-15-7-3-13(4-8-15)21-19-25-23-17(30-19)11-29-12-18-24-26-20(31-18)22-14-5-9-16(28-2)10-6-14/h3-10H,11-12H2,1-2H3,(H,21,25)(H,22,26). The molecule has 8 nitrogen and oxygen atoms in total. The Balaban J connectivity index is 1.24. The Bertz CT molecular complexity index is 1010. The summed E-state index contributed by atoms with van der Waals surface area (Å²) in [5, 5.41) is 26.9. The number of hydrogen-bond donors (Lipinski definition) is 2. The molecule has 0 bridgehead atoms. The molecule has 0 unspecified atom stereocenters. The molecule has 0 atom stereocenters. The molecule has 31 heavy (non-hydrogen) atoms. The van der Waals surface area contributed by atoms with Crippen LogP contribution in [0.25, 0.3) is 0 Å². The van der Waals surface area contributed by atoms with Crippen molar-refractivity contribution in [1.82, 2.24) is 20.4 Å². The molecule has 160 valence electrons. The second-order valence-electron chi connectivity index (χ2n) is 6.20. The van der Waals surface area contributed by atoms with E-state index in [9.17, 15) is 0 Å². The number of anilines is 4. The lowest BCUT2D eigenvalue weighted by Gasteiger charge is -2.03. The van der Waals surface area contributed by atoms with Crippen molar-refractivity contribution >= 4 is 56.1 Å². The number of methoxy groups -OCH3 is 2. The third kappa shape index (κ3) is 6.06. The van der Waals surface area contributed by atoms with Gasteiger partial charge in [0.2, 0.25) is 10.3 Å². The first-order valence-corrected chi connectivity index (χ1v) is 12.1. The van der Waals surface area contributed by atoms with Crippen molar-refractivity contribution in [2.75, 3.05) is 24.9 Å². The first-order chi connectivity index (χ1) is 15.2. The van der Waals surface area contributed by atoms with Crippen LogP contribution in [-0.2, 0) is 11.5 Å². The van der Waals surface area contributed by atoms with Crippen LogP contribution in [0.1, 0.15) is 10.0 Å². The summed E-state index contributed by atoms with van der Waals surface area (Å²) in [5.41, 5.74) is 1.89. The highest BCUT2D eigenvalue weighted by Gasteiger charge is 2.08. The summed E-state index contributed by atoms with van der Waals surface area (Å²) in [7, 11) is 3.30. The molecule has 11 heteroatoms. The molecule has 0 aliphatic rings. The second-order valence-corrected chi connectivity index (χ2v) is 9.31. The molecular weight excluding hydrogens is 452 g/mol. The van der Waals surface area contributed by atoms with Gasteiger partial charge in [-0.3, -0.25) is 0 Å². The van der Waals surface area contributed by atoms with Gasteiger partial charge in [-0.05, 0) is 48.5 Å². The molecule has 4 aromatic rings. The van der Waals surface area contributed by atoms with Gasteiger partial charge in [-0.25, -0.2) is 0 Å². The molecule has 0 aliphatic heterocycles. The zero-order valence-corrected chi connectivity index (χ0v) is 19.3. The highest BCUT2D eigenvalue weighted by Crippen LogP contribution is 2.28. The van der Waals surface area contributed by atoms with Crippen molar-refractivity contribution in [3.63, 3.8) is 0 Å². The van der Waals surface area contributed by atoms with Gasteiger partial charge in [-0.15, -0.1) is 32.2 Å². The molecule has 0 radical (unpaired) electrons. The molecule has 0 saturated carbocycles. The number of benzene rings is 2. The summed E-state index contributed by atoms with van der Waals surface area (Å²) in [6.07, 6.45) is 0. The summed E-state index contributed by atoms with van der Waals surface area (Å²) >= 11 is 4.82. The van der Waals surface area contributed by atoms with Gasteiger partial charge >= 0.3 is 0 Å². The SMILES string of the molecule is COc1ccc(Nc2nnc(CSCc3nnc(Nc4ccc(OC)cc4)s3)s2)cc1. The van der Waals surface area contributed by atoms with E-state index in [4.69, 9.17) is 9.47 Å². The average molecular weight is 473 g/mol. The van der Waals surface area contributed by atoms with E-state index in [0.29, 0.717) is 0 Å². The lowest BCUT2D eigenvalue weighted by molar-refractivity contribution is 0.415. The number of ether oxygens (including phenoxy) is 2. The number of nitrogens with zero attached hydrogens (tertiary/aromatic N) is 4. The maximum absolute atomic E-state index is 5.17. The fourth-order valence-corrected chi connectivity index (χ4v) is 5.20. The van der Waals surface area contributed by atoms with Crippen LogP contribution in [0.2, 0.25) is 0 Å². The third-order valence-electron chi connectivity index (χ3n) is 4.07. The van der Waals surface area contributed by atoms with E-state index in [2.05, 4.69) is 31.0 Å². The fraction of sp³-hybridized carbons (Fsp3) is 0.200. The zero-order valence-electron chi connectivity index (χ0n) is 16.9. The number of nitrogens with one attached hydrogen (secondary N) is 2. The van der Waals surface area contributed by atoms with Crippen LogP contribution >= 0.6 is 34.4 Å². The lowest BCUT2D eigenvalue weighted by Crippen LogP contribution is -1.89. The van der Waals surface area contributed by atoms with Gasteiger partial charge in [0.05, 0.1) is 14.2 Å². The summed E-state index contributed by atoms with van der Waals surface area (Å²) in [6, 6.07) is 15.4. The molecule has 0 aliphatic carbocycles. The monoisotopic (exact) mass is 472 g/mol. The maximum atomic E-state index is 5.17. The quantitative estimate of drug-likeness (QED) is 0.318. The van der Waals surface area contributed by atoms with Gasteiger partial charge in [-0.1, -0.05) is 22.7 Å². The van der Waals surface area contributed by atoms with Crippen LogP contribution < -0.4 is 20.1 Å². The first-order valence-electron chi connectivity index (χ1n) is 9.26. The molecule has 0 amide bonds. The van der Waals surface area contributed by atoms with Crippen LogP contribution in [0.15, 0.2) is 48.5 Å². The van der Waals surface area contributed by atoms with E-state index in [-0.39, 0.29) is 0 Å². The lowest BCUT2D eigenvalue weighted by atomic mass is 10.3. The van der Waals surface area contributed by atoms with Crippen molar-refractivity contribution in [2.45, 2.75) is 11.5 Å². The molecule has 4 rings (SSSR count). The van der Waals surface area contributed by atoms with Crippen molar-refractivity contribution in [1.29, 1.82) is 0 Å². The Morgan fingerprint density at radius 2 is 1.10 bits per heavy atom. The minimum absolute atomic E-state index is 0.766. The molecule has 2 aromatic heterocycles. The number of rotatable bonds is 10. The Morgan fingerprint density at radius 3 is 1.48 bits per heavy atom. The molecule has 2 N–H and O–H groups in total. The predicted molar refractivity (Wildman–Crippen MR) is 127 cm³/mol. The Labute approximate surface area is 192 Å². The van der Waals surface area contributed by atoms with Crippen LogP contribution in [0, 0.1) is 0 Å². The van der Waals surface area contributed by atoms with Gasteiger partial charge in [0.1, 0.15) is 21.5 Å². The Hall–Kier alpha value is -2.89. The third-order valence-corrected chi connectivity index (χ3v) is 7.07. The van der Waals surface area contributed by atoms with E-state index >= 15 is 0 Å². The average Bonchev–Trinajstić information content (AvgIpc) is 3.44. The molecular formula is C20H20N6O2S3. The normalized spacial score (nSPS) is 10.6.